The van der Waals surface area contributed by atoms with Gasteiger partial charge in [-0.25, -0.2) is 8.42 Å². The molecule has 0 saturated heterocycles. The third kappa shape index (κ3) is 6.64. The summed E-state index contributed by atoms with van der Waals surface area (Å²) in [7, 11) is -3.84. The van der Waals surface area contributed by atoms with Gasteiger partial charge in [0.25, 0.3) is 0 Å². The van der Waals surface area contributed by atoms with Crippen LogP contribution < -0.4 is 9.62 Å². The molecule has 0 spiro atoms. The molecule has 1 aliphatic carbocycles. The minimum absolute atomic E-state index is 0.0535. The van der Waals surface area contributed by atoms with Gasteiger partial charge < -0.3 is 10.2 Å². The highest BCUT2D eigenvalue weighted by Crippen LogP contribution is 2.28. The average molecular weight is 526 g/mol. The van der Waals surface area contributed by atoms with E-state index in [4.69, 9.17) is 23.2 Å². The number of hydrogen-bond acceptors (Lipinski definition) is 4. The molecule has 10 heteroatoms. The number of carbonyl (C=O) groups is 2. The predicted octanol–water partition coefficient (Wildman–Crippen LogP) is 4.24. The number of halogens is 2. The van der Waals surface area contributed by atoms with Crippen LogP contribution in [0.4, 0.5) is 5.69 Å². The smallest absolute Gasteiger partial charge is 0.244 e. The van der Waals surface area contributed by atoms with Gasteiger partial charge in [-0.05, 0) is 43.5 Å². The topological polar surface area (TPSA) is 86.8 Å². The van der Waals surface area contributed by atoms with Crippen molar-refractivity contribution in [1.82, 2.24) is 10.2 Å². The maximum Gasteiger partial charge on any atom is 0.244 e. The number of carbonyl (C=O) groups excluding carboxylic acids is 2. The van der Waals surface area contributed by atoms with E-state index in [1.807, 2.05) is 0 Å². The number of amides is 2. The van der Waals surface area contributed by atoms with Crippen LogP contribution in [0.1, 0.15) is 38.2 Å². The molecule has 184 valence electrons. The Hall–Kier alpha value is -2.29. The van der Waals surface area contributed by atoms with E-state index in [1.165, 1.54) is 11.0 Å². The quantitative estimate of drug-likeness (QED) is 0.530. The lowest BCUT2D eigenvalue weighted by molar-refractivity contribution is -0.139. The molecule has 2 amide bonds. The minimum Gasteiger partial charge on any atom is -0.352 e. The van der Waals surface area contributed by atoms with Gasteiger partial charge in [0.05, 0.1) is 17.0 Å². The Morgan fingerprint density at radius 3 is 2.21 bits per heavy atom. The number of rotatable bonds is 9. The van der Waals surface area contributed by atoms with Crippen molar-refractivity contribution in [3.8, 4) is 0 Å². The molecule has 0 radical (unpaired) electrons. The number of nitrogens with one attached hydrogen (secondary N) is 1. The van der Waals surface area contributed by atoms with Crippen LogP contribution >= 0.6 is 23.2 Å². The van der Waals surface area contributed by atoms with E-state index in [9.17, 15) is 18.0 Å². The summed E-state index contributed by atoms with van der Waals surface area (Å²) in [6, 6.07) is 12.7. The van der Waals surface area contributed by atoms with Crippen LogP contribution in [0.5, 0.6) is 0 Å². The van der Waals surface area contributed by atoms with E-state index in [0.29, 0.717) is 10.6 Å². The molecular formula is C24H29Cl2N3O4S. The molecule has 1 N–H and O–H groups in total. The summed E-state index contributed by atoms with van der Waals surface area (Å²) < 4.78 is 26.1. The van der Waals surface area contributed by atoms with Crippen LogP contribution in [0.15, 0.2) is 48.5 Å². The van der Waals surface area contributed by atoms with E-state index >= 15 is 0 Å². The lowest BCUT2D eigenvalue weighted by Crippen LogP contribution is -2.52. The highest BCUT2D eigenvalue weighted by Gasteiger charge is 2.32. The van der Waals surface area contributed by atoms with Crippen molar-refractivity contribution < 1.29 is 18.0 Å². The van der Waals surface area contributed by atoms with E-state index in [2.05, 4.69) is 5.32 Å². The second-order valence-electron chi connectivity index (χ2n) is 8.50. The van der Waals surface area contributed by atoms with Crippen LogP contribution in [0, 0.1) is 0 Å². The van der Waals surface area contributed by atoms with Crippen molar-refractivity contribution >= 4 is 50.7 Å². The molecule has 1 aliphatic rings. The molecule has 1 fully saturated rings. The maximum absolute atomic E-state index is 13.5. The molecule has 0 aliphatic heterocycles. The number of para-hydroxylation sites is 1. The summed E-state index contributed by atoms with van der Waals surface area (Å²) in [5, 5.41) is 3.67. The van der Waals surface area contributed by atoms with Gasteiger partial charge >= 0.3 is 0 Å². The number of benzene rings is 2. The van der Waals surface area contributed by atoms with Crippen molar-refractivity contribution in [1.29, 1.82) is 0 Å². The Bertz CT molecular complexity index is 1140. The Balaban J connectivity index is 1.90. The van der Waals surface area contributed by atoms with Crippen molar-refractivity contribution in [3.63, 3.8) is 0 Å². The molecule has 0 aromatic heterocycles. The summed E-state index contributed by atoms with van der Waals surface area (Å²) in [6.45, 7) is 1.19. The third-order valence-corrected chi connectivity index (χ3v) is 7.78. The third-order valence-electron chi connectivity index (χ3n) is 5.97. The molecule has 0 unspecified atom stereocenters. The van der Waals surface area contributed by atoms with Crippen LogP contribution in [0.3, 0.4) is 0 Å². The second-order valence-corrected chi connectivity index (χ2v) is 11.2. The zero-order valence-corrected chi connectivity index (χ0v) is 21.5. The van der Waals surface area contributed by atoms with Crippen LogP contribution in [-0.2, 0) is 26.2 Å². The number of anilines is 1. The first-order valence-electron chi connectivity index (χ1n) is 11.1. The fourth-order valence-corrected chi connectivity index (χ4v) is 5.38. The van der Waals surface area contributed by atoms with Gasteiger partial charge in [-0.2, -0.15) is 0 Å². The number of hydrogen-bond donors (Lipinski definition) is 1. The summed E-state index contributed by atoms with van der Waals surface area (Å²) in [6.07, 6.45) is 4.94. The van der Waals surface area contributed by atoms with Crippen molar-refractivity contribution in [2.45, 2.75) is 51.2 Å². The zero-order valence-electron chi connectivity index (χ0n) is 19.2. The van der Waals surface area contributed by atoms with Gasteiger partial charge in [0.15, 0.2) is 0 Å². The van der Waals surface area contributed by atoms with Crippen LogP contribution in [-0.4, -0.2) is 50.0 Å². The largest absolute Gasteiger partial charge is 0.352 e. The van der Waals surface area contributed by atoms with Gasteiger partial charge in [-0.15, -0.1) is 0 Å². The average Bonchev–Trinajstić information content (AvgIpc) is 3.29. The minimum atomic E-state index is -3.84. The molecule has 1 atom stereocenters. The molecule has 0 heterocycles. The van der Waals surface area contributed by atoms with E-state index in [-0.39, 0.29) is 29.2 Å². The first kappa shape index (κ1) is 26.3. The van der Waals surface area contributed by atoms with E-state index < -0.39 is 28.5 Å². The highest BCUT2D eigenvalue weighted by molar-refractivity contribution is 7.92. The number of nitrogens with zero attached hydrogens (tertiary/aromatic N) is 2. The van der Waals surface area contributed by atoms with Gasteiger partial charge in [0, 0.05) is 17.6 Å². The Morgan fingerprint density at radius 2 is 1.62 bits per heavy atom. The van der Waals surface area contributed by atoms with E-state index in [0.717, 1.165) is 36.2 Å². The fourth-order valence-electron chi connectivity index (χ4n) is 4.03. The molecule has 7 nitrogen and oxygen atoms in total. The van der Waals surface area contributed by atoms with Gasteiger partial charge in [-0.1, -0.05) is 66.4 Å². The lowest BCUT2D eigenvalue weighted by Gasteiger charge is -2.32. The van der Waals surface area contributed by atoms with Crippen molar-refractivity contribution in [2.24, 2.45) is 0 Å². The summed E-state index contributed by atoms with van der Waals surface area (Å²) in [5.41, 5.74) is 0.849. The Kier molecular flexibility index (Phi) is 8.84. The fraction of sp³-hybridized carbons (Fsp3) is 0.417. The van der Waals surface area contributed by atoms with E-state index in [1.54, 1.807) is 49.4 Å². The van der Waals surface area contributed by atoms with Crippen molar-refractivity contribution in [2.75, 3.05) is 17.1 Å². The second kappa shape index (κ2) is 11.4. The lowest BCUT2D eigenvalue weighted by atomic mass is 10.1. The molecule has 34 heavy (non-hydrogen) atoms. The summed E-state index contributed by atoms with van der Waals surface area (Å²) in [4.78, 5) is 27.9. The Morgan fingerprint density at radius 1 is 1.03 bits per heavy atom. The first-order chi connectivity index (χ1) is 16.1. The SMILES string of the molecule is C[C@H](C(=O)NC1CCCC1)N(Cc1ccccc1Cl)C(=O)CN(c1ccccc1Cl)S(C)(=O)=O. The predicted molar refractivity (Wildman–Crippen MR) is 136 cm³/mol. The highest BCUT2D eigenvalue weighted by atomic mass is 35.5. The summed E-state index contributed by atoms with van der Waals surface area (Å²) >= 11 is 12.6. The monoisotopic (exact) mass is 525 g/mol. The molecule has 1 saturated carbocycles. The van der Waals surface area contributed by atoms with Gasteiger partial charge in [0.1, 0.15) is 12.6 Å². The van der Waals surface area contributed by atoms with Crippen LogP contribution in [0.25, 0.3) is 0 Å². The van der Waals surface area contributed by atoms with Crippen molar-refractivity contribution in [3.05, 3.63) is 64.1 Å². The normalized spacial score (nSPS) is 15.1. The molecule has 2 aromatic carbocycles. The van der Waals surface area contributed by atoms with Crippen LogP contribution in [0.2, 0.25) is 10.0 Å². The number of sulfonamides is 1. The first-order valence-corrected chi connectivity index (χ1v) is 13.7. The molecule has 2 aromatic rings. The molecule has 0 bridgehead atoms. The van der Waals surface area contributed by atoms with Gasteiger partial charge in [-0.3, -0.25) is 13.9 Å². The van der Waals surface area contributed by atoms with Gasteiger partial charge in [0.2, 0.25) is 21.8 Å². The zero-order chi connectivity index (χ0) is 24.9. The molecular weight excluding hydrogens is 497 g/mol. The molecule has 3 rings (SSSR count). The summed E-state index contributed by atoms with van der Waals surface area (Å²) in [5.74, 6) is -0.824. The standard InChI is InChI=1S/C24H29Cl2N3O4S/c1-17(24(31)27-19-10-4-5-11-19)28(15-18-9-3-6-12-20(18)25)23(30)16-29(34(2,32)33)22-14-8-7-13-21(22)26/h3,6-9,12-14,17,19H,4-5,10-11,15-16H2,1-2H3,(H,27,31)/t17-/m1/s1. The Labute approximate surface area is 211 Å². The maximum atomic E-state index is 13.5.